The van der Waals surface area contributed by atoms with Crippen molar-refractivity contribution in [3.8, 4) is 0 Å². The second-order valence-electron chi connectivity index (χ2n) is 12.2. The number of hydrogen-bond donors (Lipinski definition) is 1. The maximum Gasteiger partial charge on any atom is 0.136 e. The molecular formula is C33H43ClN4. The van der Waals surface area contributed by atoms with Gasteiger partial charge in [-0.2, -0.15) is 0 Å². The molecule has 38 heavy (non-hydrogen) atoms. The first kappa shape index (κ1) is 26.0. The third-order valence-corrected chi connectivity index (χ3v) is 10.2. The van der Waals surface area contributed by atoms with Crippen LogP contribution in [0.2, 0.25) is 5.02 Å². The molecule has 1 aromatic heterocycles. The molecule has 6 rings (SSSR count). The predicted molar refractivity (Wildman–Crippen MR) is 160 cm³/mol. The molecule has 4 nitrogen and oxygen atoms in total. The SMILES string of the molecule is C=CC1(c2cc(Cl)ccc2NC)CCN(CCCc2cnc3c(c2)CCC(=C)N3C2CC(C3CC3)C2)CC1. The Morgan fingerprint density at radius 1 is 1.13 bits per heavy atom. The number of anilines is 2. The van der Waals surface area contributed by atoms with Crippen molar-refractivity contribution in [3.05, 3.63) is 77.1 Å². The summed E-state index contributed by atoms with van der Waals surface area (Å²) >= 11 is 6.39. The summed E-state index contributed by atoms with van der Waals surface area (Å²) in [5.74, 6) is 3.18. The number of fused-ring (bicyclic) bond motifs is 1. The van der Waals surface area contributed by atoms with Crippen molar-refractivity contribution in [2.75, 3.05) is 36.9 Å². The number of benzene rings is 1. The van der Waals surface area contributed by atoms with E-state index in [0.717, 1.165) is 74.3 Å². The molecular weight excluding hydrogens is 488 g/mol. The van der Waals surface area contributed by atoms with E-state index in [1.165, 1.54) is 60.3 Å². The molecule has 1 aromatic carbocycles. The average molecular weight is 531 g/mol. The second-order valence-corrected chi connectivity index (χ2v) is 12.7. The van der Waals surface area contributed by atoms with Gasteiger partial charge in [0.15, 0.2) is 0 Å². The number of rotatable bonds is 9. The van der Waals surface area contributed by atoms with E-state index in [1.54, 1.807) is 0 Å². The summed E-state index contributed by atoms with van der Waals surface area (Å²) in [6.07, 6.45) is 16.5. The summed E-state index contributed by atoms with van der Waals surface area (Å²) in [5, 5.41) is 4.15. The van der Waals surface area contributed by atoms with Crippen molar-refractivity contribution < 1.29 is 0 Å². The van der Waals surface area contributed by atoms with E-state index in [9.17, 15) is 0 Å². The molecule has 2 saturated carbocycles. The standard InChI is InChI=1S/C33H43ClN4/c1-4-33(30-21-28(34)11-12-31(30)35-3)13-16-37(17-14-33)15-5-6-24-18-26-8-7-23(2)38(32(26)36-22-24)29-19-27(20-29)25-9-10-25/h4,11-12,18,21-22,25,27,29,35H,1-2,5-10,13-17,19-20H2,3H3. The smallest absolute Gasteiger partial charge is 0.136 e. The van der Waals surface area contributed by atoms with Crippen LogP contribution in [0, 0.1) is 11.8 Å². The molecule has 0 bridgehead atoms. The van der Waals surface area contributed by atoms with Crippen molar-refractivity contribution in [2.24, 2.45) is 11.8 Å². The third kappa shape index (κ3) is 5.02. The predicted octanol–water partition coefficient (Wildman–Crippen LogP) is 7.38. The first-order valence-electron chi connectivity index (χ1n) is 14.8. The third-order valence-electron chi connectivity index (χ3n) is 9.92. The maximum atomic E-state index is 6.39. The molecule has 3 fully saturated rings. The summed E-state index contributed by atoms with van der Waals surface area (Å²) in [4.78, 5) is 10.1. The van der Waals surface area contributed by atoms with Gasteiger partial charge in [-0.1, -0.05) is 30.3 Å². The molecule has 3 heterocycles. The van der Waals surface area contributed by atoms with Crippen LogP contribution < -0.4 is 10.2 Å². The fraction of sp³-hybridized carbons (Fsp3) is 0.545. The molecule has 0 amide bonds. The van der Waals surface area contributed by atoms with Crippen LogP contribution in [0.1, 0.15) is 68.1 Å². The lowest BCUT2D eigenvalue weighted by Gasteiger charge is -2.46. The number of halogens is 1. The molecule has 0 spiro atoms. The molecule has 0 atom stereocenters. The largest absolute Gasteiger partial charge is 0.388 e. The van der Waals surface area contributed by atoms with Crippen LogP contribution in [0.5, 0.6) is 0 Å². The monoisotopic (exact) mass is 530 g/mol. The number of aryl methyl sites for hydroxylation is 2. The topological polar surface area (TPSA) is 31.4 Å². The van der Waals surface area contributed by atoms with Crippen LogP contribution >= 0.6 is 11.6 Å². The normalized spacial score (nSPS) is 25.0. The quantitative estimate of drug-likeness (QED) is 0.342. The van der Waals surface area contributed by atoms with Crippen LogP contribution in [0.3, 0.4) is 0 Å². The highest BCUT2D eigenvalue weighted by atomic mass is 35.5. The lowest BCUT2D eigenvalue weighted by molar-refractivity contribution is 0.182. The van der Waals surface area contributed by atoms with E-state index in [4.69, 9.17) is 16.6 Å². The van der Waals surface area contributed by atoms with E-state index >= 15 is 0 Å². The number of hydrogen-bond acceptors (Lipinski definition) is 4. The summed E-state index contributed by atoms with van der Waals surface area (Å²) in [6, 6.07) is 9.25. The number of piperidine rings is 1. The van der Waals surface area contributed by atoms with Gasteiger partial charge in [0, 0.05) is 41.1 Å². The highest BCUT2D eigenvalue weighted by Crippen LogP contribution is 2.50. The van der Waals surface area contributed by atoms with E-state index in [1.807, 2.05) is 13.1 Å². The van der Waals surface area contributed by atoms with Crippen molar-refractivity contribution in [1.29, 1.82) is 0 Å². The molecule has 1 saturated heterocycles. The molecule has 4 aliphatic rings. The minimum absolute atomic E-state index is 0.0167. The first-order valence-corrected chi connectivity index (χ1v) is 15.2. The van der Waals surface area contributed by atoms with Gasteiger partial charge in [0.2, 0.25) is 0 Å². The number of nitrogens with zero attached hydrogens (tertiary/aromatic N) is 3. The van der Waals surface area contributed by atoms with Crippen LogP contribution in [0.4, 0.5) is 11.5 Å². The fourth-order valence-electron chi connectivity index (χ4n) is 7.28. The number of allylic oxidation sites excluding steroid dienone is 2. The van der Waals surface area contributed by atoms with Gasteiger partial charge < -0.3 is 15.1 Å². The van der Waals surface area contributed by atoms with E-state index in [-0.39, 0.29) is 5.41 Å². The zero-order chi connectivity index (χ0) is 26.3. The van der Waals surface area contributed by atoms with E-state index < -0.39 is 0 Å². The van der Waals surface area contributed by atoms with Crippen LogP contribution in [-0.2, 0) is 18.3 Å². The Morgan fingerprint density at radius 2 is 1.92 bits per heavy atom. The van der Waals surface area contributed by atoms with Crippen molar-refractivity contribution in [2.45, 2.75) is 75.7 Å². The van der Waals surface area contributed by atoms with Gasteiger partial charge in [0.1, 0.15) is 5.82 Å². The number of likely N-dealkylation sites (tertiary alicyclic amines) is 1. The Hall–Kier alpha value is -2.30. The van der Waals surface area contributed by atoms with Gasteiger partial charge in [0.25, 0.3) is 0 Å². The van der Waals surface area contributed by atoms with Gasteiger partial charge in [-0.3, -0.25) is 0 Å². The van der Waals surface area contributed by atoms with E-state index in [2.05, 4.69) is 58.7 Å². The molecule has 0 unspecified atom stereocenters. The Balaban J connectivity index is 1.03. The molecule has 202 valence electrons. The molecule has 2 aliphatic carbocycles. The molecule has 2 aromatic rings. The Bertz CT molecular complexity index is 1190. The molecule has 1 N–H and O–H groups in total. The molecule has 0 radical (unpaired) electrons. The van der Waals surface area contributed by atoms with Crippen molar-refractivity contribution in [3.63, 3.8) is 0 Å². The number of aromatic nitrogens is 1. The number of nitrogens with one attached hydrogen (secondary N) is 1. The summed E-state index contributed by atoms with van der Waals surface area (Å²) in [6.45, 7) is 12.0. The van der Waals surface area contributed by atoms with Crippen molar-refractivity contribution >= 4 is 23.1 Å². The van der Waals surface area contributed by atoms with E-state index in [0.29, 0.717) is 6.04 Å². The minimum atomic E-state index is -0.0167. The minimum Gasteiger partial charge on any atom is -0.388 e. The lowest BCUT2D eigenvalue weighted by Crippen LogP contribution is -2.46. The van der Waals surface area contributed by atoms with Gasteiger partial charge >= 0.3 is 0 Å². The first-order chi connectivity index (χ1) is 18.5. The van der Waals surface area contributed by atoms with Gasteiger partial charge in [0.05, 0.1) is 0 Å². The Kier molecular flexibility index (Phi) is 7.30. The highest BCUT2D eigenvalue weighted by Gasteiger charge is 2.44. The van der Waals surface area contributed by atoms with Crippen LogP contribution in [0.25, 0.3) is 0 Å². The Labute approximate surface area is 234 Å². The van der Waals surface area contributed by atoms with Gasteiger partial charge in [-0.15, -0.1) is 6.58 Å². The highest BCUT2D eigenvalue weighted by molar-refractivity contribution is 6.30. The Morgan fingerprint density at radius 3 is 2.63 bits per heavy atom. The van der Waals surface area contributed by atoms with Crippen LogP contribution in [0.15, 0.2) is 55.4 Å². The fourth-order valence-corrected chi connectivity index (χ4v) is 7.45. The average Bonchev–Trinajstić information content (AvgIpc) is 3.75. The van der Waals surface area contributed by atoms with Gasteiger partial charge in [-0.05, 0) is 131 Å². The number of pyridine rings is 1. The van der Waals surface area contributed by atoms with Crippen LogP contribution in [-0.4, -0.2) is 42.6 Å². The zero-order valence-electron chi connectivity index (χ0n) is 23.0. The summed E-state index contributed by atoms with van der Waals surface area (Å²) < 4.78 is 0. The summed E-state index contributed by atoms with van der Waals surface area (Å²) in [7, 11) is 1.99. The molecule has 5 heteroatoms. The molecule has 2 aliphatic heterocycles. The zero-order valence-corrected chi connectivity index (χ0v) is 23.8. The lowest BCUT2D eigenvalue weighted by atomic mass is 9.72. The van der Waals surface area contributed by atoms with Crippen molar-refractivity contribution in [1.82, 2.24) is 9.88 Å². The maximum absolute atomic E-state index is 6.39. The summed E-state index contributed by atoms with van der Waals surface area (Å²) in [5.41, 5.74) is 6.51. The van der Waals surface area contributed by atoms with Gasteiger partial charge in [-0.25, -0.2) is 4.98 Å². The second kappa shape index (κ2) is 10.7.